The lowest BCUT2D eigenvalue weighted by molar-refractivity contribution is -0.152. The lowest BCUT2D eigenvalue weighted by Gasteiger charge is -2.18. The number of carbonyl (C=O) groups excluding carboxylic acids is 1. The molecule has 1 saturated heterocycles. The molecule has 0 aromatic carbocycles. The van der Waals surface area contributed by atoms with Crippen molar-refractivity contribution < 1.29 is 24.5 Å². The van der Waals surface area contributed by atoms with Gasteiger partial charge in [-0.25, -0.2) is 9.36 Å². The Morgan fingerprint density at radius 2 is 2.06 bits per heavy atom. The first-order chi connectivity index (χ1) is 14.6. The van der Waals surface area contributed by atoms with Crippen LogP contribution in [0.15, 0.2) is 22.2 Å². The van der Waals surface area contributed by atoms with E-state index >= 15 is 0 Å². The number of aromatic nitrogens is 4. The molecule has 0 bridgehead atoms. The summed E-state index contributed by atoms with van der Waals surface area (Å²) in [6.07, 6.45) is -4.22. The molecule has 13 nitrogen and oxygen atoms in total. The molecular formula is C18H26N6O7. The first-order valence-electron chi connectivity index (χ1n) is 9.63. The zero-order valence-corrected chi connectivity index (χ0v) is 17.1. The molecule has 31 heavy (non-hydrogen) atoms. The Kier molecular flexibility index (Phi) is 6.31. The van der Waals surface area contributed by atoms with E-state index in [4.69, 9.17) is 20.9 Å². The van der Waals surface area contributed by atoms with Gasteiger partial charge < -0.3 is 31.2 Å². The standard InChI is InChI=1S/C18H26N6O7/c1-4-5-23-10-13(21-17(20)22-14(10)27)24(18(23)29)15-12(26)11(25)8(31-15)6-30-16(28)9(19)7(2)3/h4,7-9,11-12,15,25-26H,1,5-6,19H2,2-3H3,(H3,20,21,22,27)/t8-,9+,11-,12-,15-/m1/s1. The normalized spacial score (nSPS) is 24.6. The number of esters is 1. The number of H-pyrrole nitrogens is 1. The summed E-state index contributed by atoms with van der Waals surface area (Å²) in [6, 6.07) is -0.863. The SMILES string of the molecule is C=CCn1c(=O)n([C@@H]2O[C@H](COC(=O)[C@@H](N)C(C)C)[C@@H](O)[C@H]2O)c2nc(N)[nH]c(=O)c21. The second-order valence-electron chi connectivity index (χ2n) is 7.62. The monoisotopic (exact) mass is 438 g/mol. The van der Waals surface area contributed by atoms with Crippen LogP contribution in [0, 0.1) is 5.92 Å². The highest BCUT2D eigenvalue weighted by molar-refractivity contribution is 5.75. The number of fused-ring (bicyclic) bond motifs is 1. The zero-order valence-electron chi connectivity index (χ0n) is 17.1. The van der Waals surface area contributed by atoms with Gasteiger partial charge in [0.15, 0.2) is 17.4 Å². The second kappa shape index (κ2) is 8.63. The van der Waals surface area contributed by atoms with E-state index in [1.807, 2.05) is 0 Å². The van der Waals surface area contributed by atoms with Crippen molar-refractivity contribution in [3.8, 4) is 0 Å². The van der Waals surface area contributed by atoms with Gasteiger partial charge in [-0.3, -0.25) is 19.1 Å². The molecule has 0 saturated carbocycles. The van der Waals surface area contributed by atoms with Crippen LogP contribution in [-0.2, 0) is 20.8 Å². The van der Waals surface area contributed by atoms with E-state index in [1.54, 1.807) is 13.8 Å². The van der Waals surface area contributed by atoms with Crippen LogP contribution in [0.2, 0.25) is 0 Å². The molecular weight excluding hydrogens is 412 g/mol. The fraction of sp³-hybridized carbons (Fsp3) is 0.556. The van der Waals surface area contributed by atoms with E-state index in [-0.39, 0.29) is 29.6 Å². The van der Waals surface area contributed by atoms with Gasteiger partial charge in [-0.1, -0.05) is 19.9 Å². The average molecular weight is 438 g/mol. The minimum Gasteiger partial charge on any atom is -0.462 e. The molecule has 0 aliphatic carbocycles. The minimum atomic E-state index is -1.58. The molecule has 0 radical (unpaired) electrons. The molecule has 3 heterocycles. The molecule has 0 unspecified atom stereocenters. The lowest BCUT2D eigenvalue weighted by atomic mass is 10.1. The quantitative estimate of drug-likeness (QED) is 0.233. The van der Waals surface area contributed by atoms with Crippen molar-refractivity contribution in [1.82, 2.24) is 19.1 Å². The van der Waals surface area contributed by atoms with Gasteiger partial charge in [0.1, 0.15) is 31.0 Å². The van der Waals surface area contributed by atoms with E-state index in [0.29, 0.717) is 0 Å². The highest BCUT2D eigenvalue weighted by Crippen LogP contribution is 2.30. The molecule has 1 fully saturated rings. The van der Waals surface area contributed by atoms with Crippen LogP contribution in [0.5, 0.6) is 0 Å². The van der Waals surface area contributed by atoms with Crippen LogP contribution in [0.3, 0.4) is 0 Å². The van der Waals surface area contributed by atoms with Gasteiger partial charge >= 0.3 is 11.7 Å². The third-order valence-electron chi connectivity index (χ3n) is 5.11. The smallest absolute Gasteiger partial charge is 0.333 e. The molecule has 2 aromatic heterocycles. The number of aromatic amines is 1. The number of hydrogen-bond donors (Lipinski definition) is 5. The van der Waals surface area contributed by atoms with Crippen LogP contribution in [0.4, 0.5) is 5.95 Å². The zero-order chi connectivity index (χ0) is 23.0. The maximum Gasteiger partial charge on any atom is 0.333 e. The maximum atomic E-state index is 13.0. The van der Waals surface area contributed by atoms with E-state index in [9.17, 15) is 24.6 Å². The Morgan fingerprint density at radius 3 is 2.68 bits per heavy atom. The molecule has 3 rings (SSSR count). The number of hydrogen-bond acceptors (Lipinski definition) is 10. The second-order valence-corrected chi connectivity index (χ2v) is 7.62. The number of nitrogens with one attached hydrogen (secondary N) is 1. The van der Waals surface area contributed by atoms with E-state index < -0.39 is 54.4 Å². The third kappa shape index (κ3) is 3.99. The number of nitrogen functional groups attached to an aromatic ring is 1. The highest BCUT2D eigenvalue weighted by atomic mass is 16.6. The fourth-order valence-corrected chi connectivity index (χ4v) is 3.34. The summed E-state index contributed by atoms with van der Waals surface area (Å²) in [5, 5.41) is 20.9. The highest BCUT2D eigenvalue weighted by Gasteiger charge is 2.46. The fourth-order valence-electron chi connectivity index (χ4n) is 3.34. The summed E-state index contributed by atoms with van der Waals surface area (Å²) in [5.41, 5.74) is 9.72. The number of nitrogens with zero attached hydrogens (tertiary/aromatic N) is 3. The van der Waals surface area contributed by atoms with E-state index in [1.165, 1.54) is 6.08 Å². The summed E-state index contributed by atoms with van der Waals surface area (Å²) < 4.78 is 12.7. The van der Waals surface area contributed by atoms with E-state index in [2.05, 4.69) is 16.5 Å². The van der Waals surface area contributed by atoms with Crippen molar-refractivity contribution >= 4 is 23.1 Å². The largest absolute Gasteiger partial charge is 0.462 e. The maximum absolute atomic E-state index is 13.0. The number of imidazole rings is 1. The predicted molar refractivity (Wildman–Crippen MR) is 109 cm³/mol. The Labute approximate surface area is 175 Å². The van der Waals surface area contributed by atoms with Crippen LogP contribution >= 0.6 is 0 Å². The van der Waals surface area contributed by atoms with Crippen LogP contribution in [0.1, 0.15) is 20.1 Å². The number of rotatable bonds is 7. The van der Waals surface area contributed by atoms with E-state index in [0.717, 1.165) is 9.13 Å². The molecule has 0 spiro atoms. The molecule has 7 N–H and O–H groups in total. The Bertz CT molecular complexity index is 1100. The number of carbonyl (C=O) groups is 1. The Balaban J connectivity index is 1.95. The lowest BCUT2D eigenvalue weighted by Crippen LogP contribution is -2.40. The van der Waals surface area contributed by atoms with Gasteiger partial charge in [-0.15, -0.1) is 6.58 Å². The van der Waals surface area contributed by atoms with Gasteiger partial charge in [-0.05, 0) is 5.92 Å². The van der Waals surface area contributed by atoms with Gasteiger partial charge in [0.2, 0.25) is 5.95 Å². The van der Waals surface area contributed by atoms with Gasteiger partial charge in [-0.2, -0.15) is 4.98 Å². The minimum absolute atomic E-state index is 0.0173. The van der Waals surface area contributed by atoms with Gasteiger partial charge in [0.25, 0.3) is 5.56 Å². The van der Waals surface area contributed by atoms with Crippen LogP contribution in [-0.4, -0.2) is 66.2 Å². The molecule has 1 aliphatic heterocycles. The van der Waals surface area contributed by atoms with Gasteiger partial charge in [0.05, 0.1) is 0 Å². The van der Waals surface area contributed by atoms with Crippen LogP contribution in [0.25, 0.3) is 11.2 Å². The topological polar surface area (TPSA) is 201 Å². The van der Waals surface area contributed by atoms with Crippen LogP contribution < -0.4 is 22.7 Å². The Morgan fingerprint density at radius 1 is 1.39 bits per heavy atom. The predicted octanol–water partition coefficient (Wildman–Crippen LogP) is -2.20. The van der Waals surface area contributed by atoms with Crippen molar-refractivity contribution in [2.45, 2.75) is 51.0 Å². The number of ether oxygens (including phenoxy) is 2. The number of allylic oxidation sites excluding steroid dienone is 1. The van der Waals surface area contributed by atoms with Crippen molar-refractivity contribution in [1.29, 1.82) is 0 Å². The number of aliphatic hydroxyl groups is 2. The number of anilines is 1. The summed E-state index contributed by atoms with van der Waals surface area (Å²) in [5.74, 6) is -1.10. The molecule has 1 aliphatic rings. The van der Waals surface area contributed by atoms with Crippen molar-refractivity contribution in [2.75, 3.05) is 12.3 Å². The molecule has 0 amide bonds. The first-order valence-corrected chi connectivity index (χ1v) is 9.63. The molecule has 5 atom stereocenters. The van der Waals surface area contributed by atoms with Crippen molar-refractivity contribution in [3.05, 3.63) is 33.5 Å². The summed E-state index contributed by atoms with van der Waals surface area (Å²) in [4.78, 5) is 43.7. The molecule has 13 heteroatoms. The third-order valence-corrected chi connectivity index (χ3v) is 5.11. The van der Waals surface area contributed by atoms with Crippen molar-refractivity contribution in [3.63, 3.8) is 0 Å². The average Bonchev–Trinajstić information content (AvgIpc) is 3.13. The first kappa shape index (κ1) is 22.7. The van der Waals surface area contributed by atoms with Gasteiger partial charge in [0, 0.05) is 6.54 Å². The summed E-state index contributed by atoms with van der Waals surface area (Å²) in [6.45, 7) is 6.64. The Hall–Kier alpha value is -3.00. The summed E-state index contributed by atoms with van der Waals surface area (Å²) in [7, 11) is 0. The van der Waals surface area contributed by atoms with Crippen molar-refractivity contribution in [2.24, 2.45) is 11.7 Å². The number of nitrogens with two attached hydrogens (primary N) is 2. The molecule has 2 aromatic rings. The molecule has 170 valence electrons. The summed E-state index contributed by atoms with van der Waals surface area (Å²) >= 11 is 0. The number of aliphatic hydroxyl groups excluding tert-OH is 2.